The van der Waals surface area contributed by atoms with Gasteiger partial charge in [0.1, 0.15) is 5.82 Å². The van der Waals surface area contributed by atoms with E-state index in [9.17, 15) is 0 Å². The molecule has 1 saturated carbocycles. The molecule has 0 atom stereocenters. The van der Waals surface area contributed by atoms with Gasteiger partial charge in [0.25, 0.3) is 0 Å². The van der Waals surface area contributed by atoms with E-state index in [1.807, 2.05) is 11.7 Å². The molecule has 1 aliphatic heterocycles. The van der Waals surface area contributed by atoms with Crippen molar-refractivity contribution in [3.8, 4) is 0 Å². The molecule has 2 heterocycles. The molecule has 0 bridgehead atoms. The van der Waals surface area contributed by atoms with Gasteiger partial charge >= 0.3 is 0 Å². The van der Waals surface area contributed by atoms with E-state index in [1.165, 1.54) is 38.5 Å². The molecule has 4 heteroatoms. The van der Waals surface area contributed by atoms with Crippen LogP contribution in [0.5, 0.6) is 0 Å². The fourth-order valence-corrected chi connectivity index (χ4v) is 4.04. The molecule has 0 amide bonds. The zero-order valence-electron chi connectivity index (χ0n) is 12.3. The molecule has 0 unspecified atom stereocenters. The van der Waals surface area contributed by atoms with Gasteiger partial charge in [-0.15, -0.1) is 0 Å². The molecule has 1 spiro atoms. The fourth-order valence-electron chi connectivity index (χ4n) is 4.04. The molecule has 3 rings (SSSR count). The first kappa shape index (κ1) is 12.8. The molecule has 2 N–H and O–H groups in total. The Hall–Kier alpha value is -1.19. The number of anilines is 2. The van der Waals surface area contributed by atoms with Crippen LogP contribution in [-0.2, 0) is 13.5 Å². The molecule has 2 fully saturated rings. The highest BCUT2D eigenvalue weighted by Crippen LogP contribution is 2.47. The van der Waals surface area contributed by atoms with Gasteiger partial charge in [0.2, 0.25) is 0 Å². The van der Waals surface area contributed by atoms with Gasteiger partial charge < -0.3 is 10.6 Å². The van der Waals surface area contributed by atoms with Crippen LogP contribution in [0.2, 0.25) is 0 Å². The van der Waals surface area contributed by atoms with Crippen molar-refractivity contribution >= 4 is 11.5 Å². The van der Waals surface area contributed by atoms with Crippen molar-refractivity contribution < 1.29 is 0 Å². The summed E-state index contributed by atoms with van der Waals surface area (Å²) in [6.07, 6.45) is 9.35. The van der Waals surface area contributed by atoms with Crippen LogP contribution in [0.15, 0.2) is 0 Å². The van der Waals surface area contributed by atoms with E-state index in [0.717, 1.165) is 36.7 Å². The summed E-state index contributed by atoms with van der Waals surface area (Å²) in [7, 11) is 2.02. The van der Waals surface area contributed by atoms with E-state index in [2.05, 4.69) is 16.9 Å². The quantitative estimate of drug-likeness (QED) is 0.891. The molecule has 0 aromatic carbocycles. The number of hydrogen-bond donors (Lipinski definition) is 1. The largest absolute Gasteiger partial charge is 0.394 e. The van der Waals surface area contributed by atoms with Crippen LogP contribution in [0, 0.1) is 5.41 Å². The molecular weight excluding hydrogens is 236 g/mol. The minimum Gasteiger partial charge on any atom is -0.394 e. The number of nitrogen functional groups attached to an aromatic ring is 1. The van der Waals surface area contributed by atoms with Crippen LogP contribution in [0.1, 0.15) is 51.1 Å². The van der Waals surface area contributed by atoms with Crippen LogP contribution >= 0.6 is 0 Å². The van der Waals surface area contributed by atoms with E-state index in [4.69, 9.17) is 5.73 Å². The lowest BCUT2D eigenvalue weighted by Crippen LogP contribution is -2.40. The molecule has 19 heavy (non-hydrogen) atoms. The van der Waals surface area contributed by atoms with Crippen molar-refractivity contribution in [1.82, 2.24) is 9.78 Å². The van der Waals surface area contributed by atoms with Crippen molar-refractivity contribution in [2.75, 3.05) is 23.7 Å². The number of nitrogens with zero attached hydrogens (tertiary/aromatic N) is 3. The van der Waals surface area contributed by atoms with Crippen molar-refractivity contribution in [2.45, 2.75) is 51.9 Å². The minimum atomic E-state index is 0.664. The molecule has 1 aliphatic carbocycles. The summed E-state index contributed by atoms with van der Waals surface area (Å²) < 4.78 is 1.97. The summed E-state index contributed by atoms with van der Waals surface area (Å²) in [5.41, 5.74) is 8.87. The van der Waals surface area contributed by atoms with Gasteiger partial charge in [-0.1, -0.05) is 19.8 Å². The van der Waals surface area contributed by atoms with E-state index >= 15 is 0 Å². The molecular formula is C15H26N4. The van der Waals surface area contributed by atoms with Crippen LogP contribution < -0.4 is 10.6 Å². The van der Waals surface area contributed by atoms with Gasteiger partial charge in [0.05, 0.1) is 11.4 Å². The average Bonchev–Trinajstić information content (AvgIpc) is 2.97. The molecule has 1 saturated heterocycles. The lowest BCUT2D eigenvalue weighted by molar-refractivity contribution is 0.225. The highest BCUT2D eigenvalue weighted by atomic mass is 15.4. The first-order valence-electron chi connectivity index (χ1n) is 7.71. The maximum atomic E-state index is 6.27. The van der Waals surface area contributed by atoms with Crippen LogP contribution in [-0.4, -0.2) is 22.9 Å². The predicted molar refractivity (Wildman–Crippen MR) is 79.3 cm³/mol. The SMILES string of the molecule is CCc1nn(C)c(N2CCC3(CCCC3)CC2)c1N. The normalized spacial score (nSPS) is 22.3. The number of piperidine rings is 1. The second-order valence-electron chi connectivity index (χ2n) is 6.36. The van der Waals surface area contributed by atoms with Crippen LogP contribution in [0.3, 0.4) is 0 Å². The van der Waals surface area contributed by atoms with Gasteiger partial charge in [0, 0.05) is 20.1 Å². The molecule has 2 aliphatic rings. The first-order chi connectivity index (χ1) is 9.15. The second-order valence-corrected chi connectivity index (χ2v) is 6.36. The number of hydrogen-bond acceptors (Lipinski definition) is 3. The van der Waals surface area contributed by atoms with Gasteiger partial charge in [-0.2, -0.15) is 5.10 Å². The summed E-state index contributed by atoms with van der Waals surface area (Å²) in [6.45, 7) is 4.41. The van der Waals surface area contributed by atoms with E-state index in [-0.39, 0.29) is 0 Å². The van der Waals surface area contributed by atoms with Crippen LogP contribution in [0.4, 0.5) is 11.5 Å². The smallest absolute Gasteiger partial charge is 0.150 e. The highest BCUT2D eigenvalue weighted by Gasteiger charge is 2.37. The van der Waals surface area contributed by atoms with E-state index < -0.39 is 0 Å². The zero-order valence-corrected chi connectivity index (χ0v) is 12.3. The number of aromatic nitrogens is 2. The molecule has 106 valence electrons. The molecule has 1 aromatic rings. The number of rotatable bonds is 2. The lowest BCUT2D eigenvalue weighted by atomic mass is 9.77. The van der Waals surface area contributed by atoms with Crippen molar-refractivity contribution in [2.24, 2.45) is 12.5 Å². The maximum absolute atomic E-state index is 6.27. The summed E-state index contributed by atoms with van der Waals surface area (Å²) >= 11 is 0. The van der Waals surface area contributed by atoms with Crippen LogP contribution in [0.25, 0.3) is 0 Å². The Balaban J connectivity index is 1.76. The third-order valence-electron chi connectivity index (χ3n) is 5.25. The Labute approximate surface area is 116 Å². The van der Waals surface area contributed by atoms with E-state index in [0.29, 0.717) is 5.41 Å². The summed E-state index contributed by atoms with van der Waals surface area (Å²) in [4.78, 5) is 2.45. The Bertz CT molecular complexity index is 447. The minimum absolute atomic E-state index is 0.664. The Kier molecular flexibility index (Phi) is 3.19. The zero-order chi connectivity index (χ0) is 13.5. The Morgan fingerprint density at radius 2 is 1.79 bits per heavy atom. The lowest BCUT2D eigenvalue weighted by Gasteiger charge is -2.40. The third-order valence-corrected chi connectivity index (χ3v) is 5.25. The van der Waals surface area contributed by atoms with E-state index in [1.54, 1.807) is 0 Å². The van der Waals surface area contributed by atoms with Crippen molar-refractivity contribution in [3.05, 3.63) is 5.69 Å². The summed E-state index contributed by atoms with van der Waals surface area (Å²) in [6, 6.07) is 0. The fraction of sp³-hybridized carbons (Fsp3) is 0.800. The predicted octanol–water partition coefficient (Wildman–Crippen LogP) is 2.73. The Morgan fingerprint density at radius 1 is 1.16 bits per heavy atom. The maximum Gasteiger partial charge on any atom is 0.150 e. The highest BCUT2D eigenvalue weighted by molar-refractivity contribution is 5.66. The van der Waals surface area contributed by atoms with Crippen molar-refractivity contribution in [3.63, 3.8) is 0 Å². The van der Waals surface area contributed by atoms with Gasteiger partial charge in [0.15, 0.2) is 0 Å². The molecule has 0 radical (unpaired) electrons. The molecule has 1 aromatic heterocycles. The number of nitrogens with two attached hydrogens (primary N) is 1. The summed E-state index contributed by atoms with van der Waals surface area (Å²) in [5.74, 6) is 1.14. The Morgan fingerprint density at radius 3 is 2.32 bits per heavy atom. The summed E-state index contributed by atoms with van der Waals surface area (Å²) in [5, 5.41) is 4.54. The van der Waals surface area contributed by atoms with Gasteiger partial charge in [-0.25, -0.2) is 0 Å². The standard InChI is InChI=1S/C15H26N4/c1-3-12-13(16)14(18(2)17-12)19-10-8-15(9-11-19)6-4-5-7-15/h3-11,16H2,1-2H3. The second kappa shape index (κ2) is 4.73. The topological polar surface area (TPSA) is 47.1 Å². The third kappa shape index (κ3) is 2.11. The first-order valence-corrected chi connectivity index (χ1v) is 7.71. The van der Waals surface area contributed by atoms with Crippen molar-refractivity contribution in [1.29, 1.82) is 0 Å². The average molecular weight is 262 g/mol. The molecule has 4 nitrogen and oxygen atoms in total. The number of aryl methyl sites for hydroxylation is 2. The van der Waals surface area contributed by atoms with Gasteiger partial charge in [-0.3, -0.25) is 4.68 Å². The van der Waals surface area contributed by atoms with Gasteiger partial charge in [-0.05, 0) is 37.5 Å². The monoisotopic (exact) mass is 262 g/mol.